The minimum Gasteiger partial charge on any atom is -0.457 e. The van der Waals surface area contributed by atoms with Crippen LogP contribution in [0.2, 0.25) is 5.02 Å². The fourth-order valence-electron chi connectivity index (χ4n) is 4.77. The third-order valence-electron chi connectivity index (χ3n) is 6.95. The Kier molecular flexibility index (Phi) is 6.50. The molecule has 2 heterocycles. The number of fused-ring (bicyclic) bond motifs is 2. The minimum atomic E-state index is 0.368. The summed E-state index contributed by atoms with van der Waals surface area (Å²) in [4.78, 5) is 6.87. The Morgan fingerprint density at radius 2 is 1.20 bits per heavy atom. The van der Waals surface area contributed by atoms with Gasteiger partial charge < -0.3 is 25.3 Å². The van der Waals surface area contributed by atoms with Crippen molar-refractivity contribution >= 4 is 45.1 Å². The van der Waals surface area contributed by atoms with Crippen LogP contribution < -0.4 is 15.4 Å². The van der Waals surface area contributed by atoms with Crippen molar-refractivity contribution in [2.75, 3.05) is 14.1 Å². The van der Waals surface area contributed by atoms with Gasteiger partial charge in [0, 0.05) is 70.0 Å². The van der Waals surface area contributed by atoms with Crippen molar-refractivity contribution in [3.05, 3.63) is 107 Å². The molecule has 0 saturated carbocycles. The van der Waals surface area contributed by atoms with E-state index in [9.17, 15) is 0 Å². The highest BCUT2D eigenvalue weighted by Gasteiger charge is 2.11. The van der Waals surface area contributed by atoms with Crippen molar-refractivity contribution in [1.82, 2.24) is 20.6 Å². The number of rotatable bonds is 6. The SMILES string of the molecule is CNC(=N)c1ccc2cc(-c3ccc(Oc4ccc(-c5cc6ccc(C(=N)NC)cc6[nH]5)c(Cl)c4)cc3)[nH]c2c1. The molecule has 0 aliphatic carbocycles. The van der Waals surface area contributed by atoms with Gasteiger partial charge in [-0.05, 0) is 66.2 Å². The van der Waals surface area contributed by atoms with E-state index in [1.54, 1.807) is 14.1 Å². The Morgan fingerprint density at radius 1 is 0.650 bits per heavy atom. The quantitative estimate of drug-likeness (QED) is 0.0959. The third-order valence-corrected chi connectivity index (χ3v) is 7.27. The van der Waals surface area contributed by atoms with E-state index < -0.39 is 0 Å². The number of benzene rings is 4. The summed E-state index contributed by atoms with van der Waals surface area (Å²) >= 11 is 6.68. The van der Waals surface area contributed by atoms with Crippen molar-refractivity contribution < 1.29 is 4.74 Å². The maximum absolute atomic E-state index is 8.01. The van der Waals surface area contributed by atoms with E-state index >= 15 is 0 Å². The number of halogens is 1. The van der Waals surface area contributed by atoms with Gasteiger partial charge in [0.2, 0.25) is 0 Å². The van der Waals surface area contributed by atoms with Crippen LogP contribution in [0.1, 0.15) is 11.1 Å². The van der Waals surface area contributed by atoms with Gasteiger partial charge in [-0.15, -0.1) is 0 Å². The van der Waals surface area contributed by atoms with Gasteiger partial charge in [0.15, 0.2) is 0 Å². The first-order valence-electron chi connectivity index (χ1n) is 12.8. The topological polar surface area (TPSA) is 113 Å². The van der Waals surface area contributed by atoms with Crippen LogP contribution in [0.25, 0.3) is 44.3 Å². The fourth-order valence-corrected chi connectivity index (χ4v) is 5.04. The molecule has 2 aromatic heterocycles. The monoisotopic (exact) mass is 546 g/mol. The second-order valence-electron chi connectivity index (χ2n) is 9.49. The van der Waals surface area contributed by atoms with E-state index in [0.29, 0.717) is 28.2 Å². The second-order valence-corrected chi connectivity index (χ2v) is 9.90. The molecule has 6 N–H and O–H groups in total. The van der Waals surface area contributed by atoms with Gasteiger partial charge in [0.25, 0.3) is 0 Å². The highest BCUT2D eigenvalue weighted by molar-refractivity contribution is 6.33. The summed E-state index contributed by atoms with van der Waals surface area (Å²) in [5.41, 5.74) is 7.38. The largest absolute Gasteiger partial charge is 0.457 e. The van der Waals surface area contributed by atoms with Crippen molar-refractivity contribution in [3.8, 4) is 34.0 Å². The first-order valence-corrected chi connectivity index (χ1v) is 13.2. The Labute approximate surface area is 236 Å². The standard InChI is InChI=1S/C32H27ClN6O/c1-36-31(34)21-5-3-19-13-27(38-28(19)15-21)18-7-9-23(10-8-18)40-24-11-12-25(26(33)17-24)30-14-20-4-6-22(32(35)37-2)16-29(20)39-30/h3-17,38-39H,1-2H3,(H2,34,36)(H2,35,37). The van der Waals surface area contributed by atoms with Gasteiger partial charge in [0.1, 0.15) is 23.2 Å². The number of hydrogen-bond donors (Lipinski definition) is 6. The molecule has 0 amide bonds. The van der Waals surface area contributed by atoms with E-state index in [1.165, 1.54) is 0 Å². The summed E-state index contributed by atoms with van der Waals surface area (Å²) < 4.78 is 6.10. The Hall–Kier alpha value is -5.01. The minimum absolute atomic E-state index is 0.368. The molecular formula is C32H27ClN6O. The van der Waals surface area contributed by atoms with Crippen molar-refractivity contribution in [3.63, 3.8) is 0 Å². The summed E-state index contributed by atoms with van der Waals surface area (Å²) in [5.74, 6) is 2.11. The highest BCUT2D eigenvalue weighted by atomic mass is 35.5. The molecule has 7 nitrogen and oxygen atoms in total. The van der Waals surface area contributed by atoms with Crippen LogP contribution in [-0.2, 0) is 0 Å². The predicted octanol–water partition coefficient (Wildman–Crippen LogP) is 7.52. The zero-order valence-electron chi connectivity index (χ0n) is 21.9. The van der Waals surface area contributed by atoms with E-state index in [1.807, 2.05) is 78.9 Å². The van der Waals surface area contributed by atoms with Gasteiger partial charge in [0.05, 0.1) is 5.02 Å². The molecule has 198 valence electrons. The molecule has 0 spiro atoms. The van der Waals surface area contributed by atoms with Gasteiger partial charge >= 0.3 is 0 Å². The summed E-state index contributed by atoms with van der Waals surface area (Å²) in [6, 6.07) is 29.5. The Balaban J connectivity index is 1.19. The zero-order chi connectivity index (χ0) is 27.8. The van der Waals surface area contributed by atoms with Crippen molar-refractivity contribution in [2.45, 2.75) is 0 Å². The molecule has 0 atom stereocenters. The molecule has 0 radical (unpaired) electrons. The van der Waals surface area contributed by atoms with Crippen LogP contribution in [0.15, 0.2) is 91.0 Å². The molecule has 40 heavy (non-hydrogen) atoms. The number of amidine groups is 2. The highest BCUT2D eigenvalue weighted by Crippen LogP contribution is 2.35. The molecule has 0 fully saturated rings. The van der Waals surface area contributed by atoms with Gasteiger partial charge in [-0.3, -0.25) is 10.8 Å². The van der Waals surface area contributed by atoms with Crippen LogP contribution >= 0.6 is 11.6 Å². The molecule has 0 saturated heterocycles. The predicted molar refractivity (Wildman–Crippen MR) is 164 cm³/mol. The van der Waals surface area contributed by atoms with Crippen LogP contribution in [0.4, 0.5) is 0 Å². The number of aromatic amines is 2. The summed E-state index contributed by atoms with van der Waals surface area (Å²) in [5, 5.41) is 24.5. The number of hydrogen-bond acceptors (Lipinski definition) is 3. The van der Waals surface area contributed by atoms with E-state index in [2.05, 4.69) is 32.7 Å². The lowest BCUT2D eigenvalue weighted by atomic mass is 10.1. The van der Waals surface area contributed by atoms with E-state index in [4.69, 9.17) is 27.2 Å². The normalized spacial score (nSPS) is 11.1. The molecular weight excluding hydrogens is 520 g/mol. The molecule has 6 aromatic rings. The maximum Gasteiger partial charge on any atom is 0.128 e. The number of H-pyrrole nitrogens is 2. The first-order chi connectivity index (χ1) is 19.4. The smallest absolute Gasteiger partial charge is 0.128 e. The van der Waals surface area contributed by atoms with Crippen LogP contribution in [0.5, 0.6) is 11.5 Å². The lowest BCUT2D eigenvalue weighted by molar-refractivity contribution is 0.483. The summed E-state index contributed by atoms with van der Waals surface area (Å²) in [7, 11) is 3.49. The summed E-state index contributed by atoms with van der Waals surface area (Å²) in [6.45, 7) is 0. The van der Waals surface area contributed by atoms with Crippen molar-refractivity contribution in [1.29, 1.82) is 10.8 Å². The number of ether oxygens (including phenoxy) is 1. The molecule has 0 aliphatic heterocycles. The lowest BCUT2D eigenvalue weighted by Gasteiger charge is -2.09. The first kappa shape index (κ1) is 25.3. The number of nitrogens with one attached hydrogen (secondary N) is 6. The average Bonchev–Trinajstić information content (AvgIpc) is 3.60. The van der Waals surface area contributed by atoms with Crippen LogP contribution in [0.3, 0.4) is 0 Å². The van der Waals surface area contributed by atoms with Crippen molar-refractivity contribution in [2.24, 2.45) is 0 Å². The average molecular weight is 547 g/mol. The number of aromatic nitrogens is 2. The summed E-state index contributed by atoms with van der Waals surface area (Å²) in [6.07, 6.45) is 0. The lowest BCUT2D eigenvalue weighted by Crippen LogP contribution is -2.17. The zero-order valence-corrected chi connectivity index (χ0v) is 22.7. The molecule has 8 heteroatoms. The van der Waals surface area contributed by atoms with Gasteiger partial charge in [-0.2, -0.15) is 0 Å². The third kappa shape index (κ3) is 4.79. The van der Waals surface area contributed by atoms with E-state index in [0.717, 1.165) is 55.4 Å². The van der Waals surface area contributed by atoms with Gasteiger partial charge in [-0.25, -0.2) is 0 Å². The van der Waals surface area contributed by atoms with Gasteiger partial charge in [-0.1, -0.05) is 35.9 Å². The van der Waals surface area contributed by atoms with Crippen LogP contribution in [-0.4, -0.2) is 35.7 Å². The second kappa shape index (κ2) is 10.3. The molecule has 0 aliphatic rings. The molecule has 6 rings (SSSR count). The molecule has 4 aromatic carbocycles. The molecule has 0 bridgehead atoms. The Morgan fingerprint density at radius 3 is 1.77 bits per heavy atom. The molecule has 0 unspecified atom stereocenters. The van der Waals surface area contributed by atoms with Crippen LogP contribution in [0, 0.1) is 10.8 Å². The Bertz CT molecular complexity index is 1900. The van der Waals surface area contributed by atoms with E-state index in [-0.39, 0.29) is 0 Å². The maximum atomic E-state index is 8.01. The fraction of sp³-hybridized carbons (Fsp3) is 0.0625.